The first-order valence-corrected chi connectivity index (χ1v) is 8.51. The van der Waals surface area contributed by atoms with Gasteiger partial charge in [-0.1, -0.05) is 20.3 Å². The maximum Gasteiger partial charge on any atom is 0.0595 e. The minimum Gasteiger partial charge on any atom is -0.373 e. The summed E-state index contributed by atoms with van der Waals surface area (Å²) < 4.78 is 0. The van der Waals surface area contributed by atoms with E-state index in [0.717, 1.165) is 24.3 Å². The van der Waals surface area contributed by atoms with Crippen molar-refractivity contribution < 1.29 is 0 Å². The van der Waals surface area contributed by atoms with Crippen molar-refractivity contribution in [2.45, 2.75) is 52.1 Å². The number of pyridine rings is 1. The Morgan fingerprint density at radius 3 is 2.86 bits per heavy atom. The summed E-state index contributed by atoms with van der Waals surface area (Å²) in [5.74, 6) is 2.93. The van der Waals surface area contributed by atoms with E-state index in [-0.39, 0.29) is 0 Å². The minimum atomic E-state index is 0.516. The van der Waals surface area contributed by atoms with Crippen LogP contribution in [0.15, 0.2) is 18.5 Å². The van der Waals surface area contributed by atoms with Crippen LogP contribution in [0.2, 0.25) is 0 Å². The minimum absolute atomic E-state index is 0.516. The number of nitrogens with one attached hydrogen (secondary N) is 1. The smallest absolute Gasteiger partial charge is 0.0595 e. The number of nitrogens with zero attached hydrogens (tertiary/aromatic N) is 2. The summed E-state index contributed by atoms with van der Waals surface area (Å²) in [6.07, 6.45) is 9.85. The lowest BCUT2D eigenvalue weighted by atomic mass is 9.88. The van der Waals surface area contributed by atoms with Gasteiger partial charge in [0.1, 0.15) is 0 Å². The Bertz CT molecular complexity index is 471. The first-order chi connectivity index (χ1) is 10.1. The van der Waals surface area contributed by atoms with Crippen molar-refractivity contribution in [3.05, 3.63) is 24.0 Å². The van der Waals surface area contributed by atoms with E-state index in [4.69, 9.17) is 0 Å². The van der Waals surface area contributed by atoms with Gasteiger partial charge in [0.05, 0.1) is 11.9 Å². The molecule has 3 nitrogen and oxygen atoms in total. The quantitative estimate of drug-likeness (QED) is 0.868. The largest absolute Gasteiger partial charge is 0.373 e. The van der Waals surface area contributed by atoms with Crippen LogP contribution in [0.25, 0.3) is 0 Å². The molecule has 1 aromatic heterocycles. The maximum atomic E-state index is 4.35. The second kappa shape index (κ2) is 6.35. The van der Waals surface area contributed by atoms with Gasteiger partial charge in [0.15, 0.2) is 0 Å². The van der Waals surface area contributed by atoms with Crippen molar-refractivity contribution in [2.75, 3.05) is 18.5 Å². The fraction of sp³-hybridized carbons (Fsp3) is 0.722. The number of hydrogen-bond acceptors (Lipinski definition) is 3. The van der Waals surface area contributed by atoms with Gasteiger partial charge in [0.25, 0.3) is 0 Å². The Kier molecular flexibility index (Phi) is 4.48. The SMILES string of the molecule is CC(C)NCc1ccncc1N(C)CC1CC2CCC1C2. The molecule has 3 rings (SSSR count). The molecular formula is C18H29N3. The maximum absolute atomic E-state index is 4.35. The fourth-order valence-corrected chi connectivity index (χ4v) is 4.27. The number of hydrogen-bond donors (Lipinski definition) is 1. The van der Waals surface area contributed by atoms with Crippen LogP contribution in [0, 0.1) is 17.8 Å². The summed E-state index contributed by atoms with van der Waals surface area (Å²) in [4.78, 5) is 6.79. The highest BCUT2D eigenvalue weighted by Crippen LogP contribution is 2.48. The van der Waals surface area contributed by atoms with Crippen molar-refractivity contribution in [2.24, 2.45) is 17.8 Å². The lowest BCUT2D eigenvalue weighted by molar-refractivity contribution is 0.337. The molecule has 2 saturated carbocycles. The molecule has 2 aliphatic carbocycles. The predicted molar refractivity (Wildman–Crippen MR) is 88.4 cm³/mol. The van der Waals surface area contributed by atoms with Crippen molar-refractivity contribution in [1.29, 1.82) is 0 Å². The number of anilines is 1. The molecule has 1 N–H and O–H groups in total. The van der Waals surface area contributed by atoms with Gasteiger partial charge >= 0.3 is 0 Å². The van der Waals surface area contributed by atoms with E-state index in [2.05, 4.69) is 42.2 Å². The van der Waals surface area contributed by atoms with Crippen molar-refractivity contribution in [1.82, 2.24) is 10.3 Å². The van der Waals surface area contributed by atoms with Gasteiger partial charge in [-0.05, 0) is 48.6 Å². The topological polar surface area (TPSA) is 28.2 Å². The second-order valence-corrected chi connectivity index (χ2v) is 7.36. The highest BCUT2D eigenvalue weighted by Gasteiger charge is 2.39. The van der Waals surface area contributed by atoms with Crippen LogP contribution in [-0.4, -0.2) is 24.6 Å². The average molecular weight is 287 g/mol. The van der Waals surface area contributed by atoms with Crippen LogP contribution in [-0.2, 0) is 6.54 Å². The Balaban J connectivity index is 1.65. The fourth-order valence-electron chi connectivity index (χ4n) is 4.27. The first-order valence-electron chi connectivity index (χ1n) is 8.51. The van der Waals surface area contributed by atoms with E-state index >= 15 is 0 Å². The molecule has 0 amide bonds. The molecule has 2 aliphatic rings. The van der Waals surface area contributed by atoms with E-state index in [9.17, 15) is 0 Å². The van der Waals surface area contributed by atoms with E-state index in [0.29, 0.717) is 6.04 Å². The Hall–Kier alpha value is -1.09. The van der Waals surface area contributed by atoms with Gasteiger partial charge in [-0.15, -0.1) is 0 Å². The molecule has 2 fully saturated rings. The van der Waals surface area contributed by atoms with E-state index in [1.54, 1.807) is 0 Å². The van der Waals surface area contributed by atoms with E-state index < -0.39 is 0 Å². The third-order valence-corrected chi connectivity index (χ3v) is 5.39. The summed E-state index contributed by atoms with van der Waals surface area (Å²) in [6, 6.07) is 2.67. The third-order valence-electron chi connectivity index (χ3n) is 5.39. The lowest BCUT2D eigenvalue weighted by Gasteiger charge is -2.29. The van der Waals surface area contributed by atoms with Gasteiger partial charge in [-0.2, -0.15) is 0 Å². The molecule has 0 saturated heterocycles. The first kappa shape index (κ1) is 14.8. The number of rotatable bonds is 6. The van der Waals surface area contributed by atoms with Crippen LogP contribution < -0.4 is 10.2 Å². The van der Waals surface area contributed by atoms with Gasteiger partial charge in [0, 0.05) is 32.4 Å². The van der Waals surface area contributed by atoms with Crippen LogP contribution in [0.4, 0.5) is 5.69 Å². The van der Waals surface area contributed by atoms with Gasteiger partial charge in [-0.3, -0.25) is 4.98 Å². The Labute approximate surface area is 129 Å². The molecule has 3 atom stereocenters. The van der Waals surface area contributed by atoms with Crippen molar-refractivity contribution in [3.8, 4) is 0 Å². The highest BCUT2D eigenvalue weighted by molar-refractivity contribution is 5.51. The second-order valence-electron chi connectivity index (χ2n) is 7.36. The molecule has 2 bridgehead atoms. The number of aromatic nitrogens is 1. The van der Waals surface area contributed by atoms with Crippen LogP contribution in [0.3, 0.4) is 0 Å². The Morgan fingerprint density at radius 2 is 2.19 bits per heavy atom. The van der Waals surface area contributed by atoms with E-state index in [1.165, 1.54) is 43.5 Å². The lowest BCUT2D eigenvalue weighted by Crippen LogP contribution is -2.30. The molecule has 0 aromatic carbocycles. The molecule has 0 spiro atoms. The predicted octanol–water partition coefficient (Wildman–Crippen LogP) is 3.45. The molecule has 0 radical (unpaired) electrons. The summed E-state index contributed by atoms with van der Waals surface area (Å²) in [5, 5.41) is 3.52. The van der Waals surface area contributed by atoms with Crippen LogP contribution >= 0.6 is 0 Å². The molecule has 116 valence electrons. The zero-order valence-corrected chi connectivity index (χ0v) is 13.7. The molecule has 3 unspecified atom stereocenters. The standard InChI is InChI=1S/C18H29N3/c1-13(2)20-10-16-6-7-19-11-18(16)21(3)12-17-9-14-4-5-15(17)8-14/h6-7,11,13-15,17,20H,4-5,8-10,12H2,1-3H3. The van der Waals surface area contributed by atoms with Crippen LogP contribution in [0.1, 0.15) is 45.1 Å². The molecule has 1 aromatic rings. The zero-order chi connectivity index (χ0) is 14.8. The molecule has 1 heterocycles. The summed E-state index contributed by atoms with van der Waals surface area (Å²) in [6.45, 7) is 6.51. The van der Waals surface area contributed by atoms with Crippen molar-refractivity contribution in [3.63, 3.8) is 0 Å². The molecule has 21 heavy (non-hydrogen) atoms. The van der Waals surface area contributed by atoms with Crippen LogP contribution in [0.5, 0.6) is 0 Å². The molecular weight excluding hydrogens is 258 g/mol. The summed E-state index contributed by atoms with van der Waals surface area (Å²) >= 11 is 0. The van der Waals surface area contributed by atoms with Gasteiger partial charge in [0.2, 0.25) is 0 Å². The monoisotopic (exact) mass is 287 g/mol. The molecule has 0 aliphatic heterocycles. The van der Waals surface area contributed by atoms with Gasteiger partial charge in [-0.25, -0.2) is 0 Å². The number of fused-ring (bicyclic) bond motifs is 2. The summed E-state index contributed by atoms with van der Waals surface area (Å²) in [5.41, 5.74) is 2.66. The third kappa shape index (κ3) is 3.39. The zero-order valence-electron chi connectivity index (χ0n) is 13.7. The average Bonchev–Trinajstić information content (AvgIpc) is 3.08. The molecule has 3 heteroatoms. The summed E-state index contributed by atoms with van der Waals surface area (Å²) in [7, 11) is 2.24. The highest BCUT2D eigenvalue weighted by atomic mass is 15.1. The van der Waals surface area contributed by atoms with E-state index in [1.807, 2.05) is 12.4 Å². The normalized spacial score (nSPS) is 27.5. The van der Waals surface area contributed by atoms with Crippen molar-refractivity contribution >= 4 is 5.69 Å². The Morgan fingerprint density at radius 1 is 1.33 bits per heavy atom. The van der Waals surface area contributed by atoms with Gasteiger partial charge < -0.3 is 10.2 Å².